The Morgan fingerprint density at radius 1 is 1.43 bits per heavy atom. The Morgan fingerprint density at radius 3 is 2.48 bits per heavy atom. The Labute approximate surface area is 124 Å². The van der Waals surface area contributed by atoms with Crippen molar-refractivity contribution in [2.24, 2.45) is 5.41 Å². The maximum atomic E-state index is 13.1. The van der Waals surface area contributed by atoms with E-state index in [0.717, 1.165) is 5.57 Å². The van der Waals surface area contributed by atoms with Crippen molar-refractivity contribution in [2.45, 2.75) is 52.2 Å². The van der Waals surface area contributed by atoms with Crippen LogP contribution in [0.25, 0.3) is 0 Å². The minimum Gasteiger partial charge on any atom is -0.392 e. The first-order valence-electron chi connectivity index (χ1n) is 6.93. The maximum Gasteiger partial charge on any atom is 0.262 e. The van der Waals surface area contributed by atoms with Gasteiger partial charge in [0, 0.05) is 11.0 Å². The van der Waals surface area contributed by atoms with Crippen molar-refractivity contribution in [1.29, 1.82) is 0 Å². The van der Waals surface area contributed by atoms with Gasteiger partial charge in [0.15, 0.2) is 0 Å². The average Bonchev–Trinajstić information content (AvgIpc) is 2.33. The fourth-order valence-electron chi connectivity index (χ4n) is 2.85. The molecular weight excluding hydrogens is 278 g/mol. The van der Waals surface area contributed by atoms with Crippen LogP contribution >= 0.6 is 0 Å². The molecule has 0 aromatic heterocycles. The average molecular weight is 302 g/mol. The first-order valence-corrected chi connectivity index (χ1v) is 6.93. The molecular formula is C16H24F2O3. The Kier molecular flexibility index (Phi) is 5.47. The second-order valence-electron chi connectivity index (χ2n) is 6.22. The second kappa shape index (κ2) is 6.38. The molecule has 5 heteroatoms. The van der Waals surface area contributed by atoms with E-state index >= 15 is 0 Å². The van der Waals surface area contributed by atoms with Crippen LogP contribution in [0.5, 0.6) is 0 Å². The summed E-state index contributed by atoms with van der Waals surface area (Å²) in [6, 6.07) is 0. The smallest absolute Gasteiger partial charge is 0.262 e. The van der Waals surface area contributed by atoms with Gasteiger partial charge in [0.2, 0.25) is 0 Å². The van der Waals surface area contributed by atoms with Crippen LogP contribution in [-0.4, -0.2) is 40.1 Å². The lowest BCUT2D eigenvalue weighted by Gasteiger charge is -2.48. The molecule has 0 saturated heterocycles. The van der Waals surface area contributed by atoms with Gasteiger partial charge in [-0.3, -0.25) is 0 Å². The van der Waals surface area contributed by atoms with Crippen LogP contribution in [0, 0.1) is 5.41 Å². The van der Waals surface area contributed by atoms with Crippen molar-refractivity contribution in [3.63, 3.8) is 0 Å². The summed E-state index contributed by atoms with van der Waals surface area (Å²) in [4.78, 5) is 0. The van der Waals surface area contributed by atoms with Gasteiger partial charge in [-0.05, 0) is 31.9 Å². The van der Waals surface area contributed by atoms with Crippen LogP contribution in [-0.2, 0) is 0 Å². The molecule has 0 spiro atoms. The molecule has 3 nitrogen and oxygen atoms in total. The second-order valence-corrected chi connectivity index (χ2v) is 6.22. The van der Waals surface area contributed by atoms with Gasteiger partial charge in [-0.15, -0.1) is 0 Å². The molecule has 0 saturated carbocycles. The molecule has 1 aliphatic rings. The van der Waals surface area contributed by atoms with E-state index in [-0.39, 0.29) is 18.6 Å². The lowest BCUT2D eigenvalue weighted by Crippen LogP contribution is -2.51. The highest BCUT2D eigenvalue weighted by Crippen LogP contribution is 2.48. The van der Waals surface area contributed by atoms with E-state index in [2.05, 4.69) is 0 Å². The number of allylic oxidation sites excluding steroid dienone is 2. The van der Waals surface area contributed by atoms with Crippen LogP contribution in [0.4, 0.5) is 8.78 Å². The zero-order chi connectivity index (χ0) is 16.4. The molecule has 3 N–H and O–H groups in total. The van der Waals surface area contributed by atoms with Crippen molar-refractivity contribution in [3.8, 4) is 0 Å². The van der Waals surface area contributed by atoms with E-state index in [0.29, 0.717) is 0 Å². The predicted octanol–water partition coefficient (Wildman–Crippen LogP) is 2.58. The maximum absolute atomic E-state index is 13.1. The molecule has 0 amide bonds. The first-order chi connectivity index (χ1) is 9.56. The lowest BCUT2D eigenvalue weighted by molar-refractivity contribution is -0.0427. The van der Waals surface area contributed by atoms with Crippen LogP contribution in [0.1, 0.15) is 34.1 Å². The molecule has 0 aromatic rings. The zero-order valence-corrected chi connectivity index (χ0v) is 12.9. The Balaban J connectivity index is 3.36. The highest BCUT2D eigenvalue weighted by molar-refractivity contribution is 5.39. The van der Waals surface area contributed by atoms with Crippen molar-refractivity contribution in [1.82, 2.24) is 0 Å². The normalized spacial score (nSPS) is 30.6. The van der Waals surface area contributed by atoms with Crippen LogP contribution in [0.15, 0.2) is 34.9 Å². The third-order valence-electron chi connectivity index (χ3n) is 4.33. The van der Waals surface area contributed by atoms with Gasteiger partial charge in [-0.1, -0.05) is 31.6 Å². The summed E-state index contributed by atoms with van der Waals surface area (Å²) >= 11 is 0. The summed E-state index contributed by atoms with van der Waals surface area (Å²) in [5.41, 5.74) is -1.94. The Hall–Kier alpha value is -1.04. The fraction of sp³-hybridized carbons (Fsp3) is 0.625. The summed E-state index contributed by atoms with van der Waals surface area (Å²) in [6.45, 7) is 6.51. The lowest BCUT2D eigenvalue weighted by atomic mass is 9.62. The van der Waals surface area contributed by atoms with E-state index < -0.39 is 29.1 Å². The number of aliphatic hydroxyl groups excluding tert-OH is 2. The summed E-state index contributed by atoms with van der Waals surface area (Å²) in [6.07, 6.45) is 0.624. The predicted molar refractivity (Wildman–Crippen MR) is 78.0 cm³/mol. The molecule has 0 radical (unpaired) electrons. The van der Waals surface area contributed by atoms with Crippen LogP contribution in [0.2, 0.25) is 0 Å². The van der Waals surface area contributed by atoms with Gasteiger partial charge in [-0.2, -0.15) is 0 Å². The number of alkyl halides is 2. The molecule has 21 heavy (non-hydrogen) atoms. The molecule has 0 aliphatic heterocycles. The standard InChI is InChI=1S/C16H24F2O3/c1-10(6-8-19)5-7-16(21)11(2)13(14(17)18)12(20)9-15(16,3)4/h5-7,12,14,19-21H,8-9H2,1-4H3. The van der Waals surface area contributed by atoms with E-state index in [1.165, 1.54) is 13.0 Å². The number of hydrogen-bond donors (Lipinski definition) is 3. The Morgan fingerprint density at radius 2 is 2.00 bits per heavy atom. The molecule has 0 fully saturated rings. The summed E-state index contributed by atoms with van der Waals surface area (Å²) < 4.78 is 26.3. The monoisotopic (exact) mass is 302 g/mol. The molecule has 0 aromatic carbocycles. The van der Waals surface area contributed by atoms with Crippen molar-refractivity contribution in [3.05, 3.63) is 34.9 Å². The molecule has 1 aliphatic carbocycles. The van der Waals surface area contributed by atoms with Gasteiger partial charge >= 0.3 is 0 Å². The number of hydrogen-bond acceptors (Lipinski definition) is 3. The van der Waals surface area contributed by atoms with Crippen LogP contribution < -0.4 is 0 Å². The van der Waals surface area contributed by atoms with Gasteiger partial charge in [0.1, 0.15) is 5.60 Å². The minimum absolute atomic E-state index is 0.0492. The fourth-order valence-corrected chi connectivity index (χ4v) is 2.85. The molecule has 1 rings (SSSR count). The number of rotatable bonds is 4. The molecule has 120 valence electrons. The highest BCUT2D eigenvalue weighted by Gasteiger charge is 2.50. The van der Waals surface area contributed by atoms with Crippen molar-refractivity contribution >= 4 is 0 Å². The van der Waals surface area contributed by atoms with Gasteiger partial charge < -0.3 is 15.3 Å². The summed E-state index contributed by atoms with van der Waals surface area (Å²) in [5, 5.41) is 29.7. The van der Waals surface area contributed by atoms with Gasteiger partial charge in [0.05, 0.1) is 12.7 Å². The molecule has 0 heterocycles. The number of halogens is 2. The topological polar surface area (TPSA) is 60.7 Å². The molecule has 0 bridgehead atoms. The van der Waals surface area contributed by atoms with E-state index in [9.17, 15) is 19.0 Å². The van der Waals surface area contributed by atoms with E-state index in [1.807, 2.05) is 0 Å². The Bertz CT molecular complexity index is 478. The molecule has 2 unspecified atom stereocenters. The van der Waals surface area contributed by atoms with Crippen molar-refractivity contribution < 1.29 is 24.1 Å². The zero-order valence-electron chi connectivity index (χ0n) is 12.9. The van der Waals surface area contributed by atoms with Crippen LogP contribution in [0.3, 0.4) is 0 Å². The van der Waals surface area contributed by atoms with E-state index in [4.69, 9.17) is 5.11 Å². The highest BCUT2D eigenvalue weighted by atomic mass is 19.3. The van der Waals surface area contributed by atoms with Crippen molar-refractivity contribution in [2.75, 3.05) is 6.61 Å². The summed E-state index contributed by atoms with van der Waals surface area (Å²) in [7, 11) is 0. The largest absolute Gasteiger partial charge is 0.392 e. The first kappa shape index (κ1) is 18.0. The third-order valence-corrected chi connectivity index (χ3v) is 4.33. The van der Waals surface area contributed by atoms with E-state index in [1.54, 1.807) is 32.9 Å². The van der Waals surface area contributed by atoms with Gasteiger partial charge in [0.25, 0.3) is 6.43 Å². The number of aliphatic hydroxyl groups is 3. The quantitative estimate of drug-likeness (QED) is 0.552. The molecule has 2 atom stereocenters. The summed E-state index contributed by atoms with van der Waals surface area (Å²) in [5.74, 6) is 0. The SMILES string of the molecule is CC(C=CC1(O)C(C)=C(C(F)F)C(O)CC1(C)C)=CCO. The third kappa shape index (κ3) is 3.42. The van der Waals surface area contributed by atoms with Gasteiger partial charge in [-0.25, -0.2) is 8.78 Å². The minimum atomic E-state index is -2.80.